The van der Waals surface area contributed by atoms with Crippen LogP contribution in [0.25, 0.3) is 0 Å². The fourth-order valence-corrected chi connectivity index (χ4v) is 4.17. The molecule has 0 aliphatic carbocycles. The van der Waals surface area contributed by atoms with Crippen LogP contribution < -0.4 is 10.9 Å². The van der Waals surface area contributed by atoms with E-state index in [1.54, 1.807) is 0 Å². The highest BCUT2D eigenvalue weighted by Crippen LogP contribution is 2.20. The van der Waals surface area contributed by atoms with Crippen molar-refractivity contribution in [2.75, 3.05) is 19.6 Å². The standard InChI is InChI=1S/C20H30N6/c1-16-11-19(22-21-16)14-25-9-7-18(8-10-25)13-26-15-20(23-24-26)12-17-5-3-2-4-6-17/h2-6,15-16,18-19,21-22H,7-14H2,1H3. The normalized spacial score (nSPS) is 25.0. The van der Waals surface area contributed by atoms with Gasteiger partial charge in [0.05, 0.1) is 5.69 Å². The van der Waals surface area contributed by atoms with E-state index in [4.69, 9.17) is 0 Å². The maximum absolute atomic E-state index is 4.35. The van der Waals surface area contributed by atoms with Crippen molar-refractivity contribution in [3.05, 3.63) is 47.8 Å². The second-order valence-electron chi connectivity index (χ2n) is 7.96. The first-order valence-electron chi connectivity index (χ1n) is 9.91. The molecule has 2 unspecified atom stereocenters. The predicted octanol–water partition coefficient (Wildman–Crippen LogP) is 1.84. The molecule has 0 amide bonds. The van der Waals surface area contributed by atoms with Crippen LogP contribution in [0.4, 0.5) is 0 Å². The fraction of sp³-hybridized carbons (Fsp3) is 0.600. The molecule has 6 heteroatoms. The zero-order chi connectivity index (χ0) is 17.8. The summed E-state index contributed by atoms with van der Waals surface area (Å²) in [7, 11) is 0. The molecule has 0 saturated carbocycles. The van der Waals surface area contributed by atoms with Gasteiger partial charge in [-0.05, 0) is 50.8 Å². The van der Waals surface area contributed by atoms with Crippen LogP contribution in [0.2, 0.25) is 0 Å². The Morgan fingerprint density at radius 2 is 1.88 bits per heavy atom. The van der Waals surface area contributed by atoms with E-state index < -0.39 is 0 Å². The molecule has 2 N–H and O–H groups in total. The maximum atomic E-state index is 4.35. The summed E-state index contributed by atoms with van der Waals surface area (Å²) in [6.45, 7) is 6.79. The van der Waals surface area contributed by atoms with Crippen molar-refractivity contribution in [2.45, 2.75) is 51.2 Å². The van der Waals surface area contributed by atoms with Gasteiger partial charge in [0.2, 0.25) is 0 Å². The number of benzene rings is 1. The van der Waals surface area contributed by atoms with Gasteiger partial charge in [-0.2, -0.15) is 0 Å². The Morgan fingerprint density at radius 1 is 1.08 bits per heavy atom. The van der Waals surface area contributed by atoms with E-state index in [9.17, 15) is 0 Å². The highest BCUT2D eigenvalue weighted by molar-refractivity contribution is 5.19. The molecule has 1 aromatic carbocycles. The van der Waals surface area contributed by atoms with E-state index in [-0.39, 0.29) is 0 Å². The predicted molar refractivity (Wildman–Crippen MR) is 103 cm³/mol. The van der Waals surface area contributed by atoms with Crippen molar-refractivity contribution >= 4 is 0 Å². The topological polar surface area (TPSA) is 58.0 Å². The number of hydrogen-bond acceptors (Lipinski definition) is 5. The Balaban J connectivity index is 1.22. The molecule has 6 nitrogen and oxygen atoms in total. The molecule has 2 atom stereocenters. The molecule has 26 heavy (non-hydrogen) atoms. The van der Waals surface area contributed by atoms with Gasteiger partial charge in [0.15, 0.2) is 0 Å². The molecule has 4 rings (SSSR count). The lowest BCUT2D eigenvalue weighted by molar-refractivity contribution is 0.158. The van der Waals surface area contributed by atoms with Crippen molar-refractivity contribution in [1.29, 1.82) is 0 Å². The zero-order valence-corrected chi connectivity index (χ0v) is 15.6. The van der Waals surface area contributed by atoms with Crippen molar-refractivity contribution < 1.29 is 0 Å². The zero-order valence-electron chi connectivity index (χ0n) is 15.6. The van der Waals surface area contributed by atoms with Gasteiger partial charge in [-0.1, -0.05) is 35.5 Å². The molecule has 2 fully saturated rings. The van der Waals surface area contributed by atoms with Gasteiger partial charge in [-0.25, -0.2) is 0 Å². The Labute approximate surface area is 155 Å². The van der Waals surface area contributed by atoms with Gasteiger partial charge in [-0.3, -0.25) is 15.5 Å². The number of likely N-dealkylation sites (tertiary alicyclic amines) is 1. The summed E-state index contributed by atoms with van der Waals surface area (Å²) in [4.78, 5) is 2.61. The summed E-state index contributed by atoms with van der Waals surface area (Å²) in [5.74, 6) is 0.714. The number of rotatable bonds is 6. The van der Waals surface area contributed by atoms with E-state index in [1.807, 2.05) is 10.7 Å². The lowest BCUT2D eigenvalue weighted by atomic mass is 9.96. The number of nitrogens with one attached hydrogen (secondary N) is 2. The molecule has 0 bridgehead atoms. The summed E-state index contributed by atoms with van der Waals surface area (Å²) < 4.78 is 2.04. The largest absolute Gasteiger partial charge is 0.302 e. The molecule has 2 aliphatic heterocycles. The number of aromatic nitrogens is 3. The van der Waals surface area contributed by atoms with E-state index in [2.05, 4.69) is 63.4 Å². The first-order valence-corrected chi connectivity index (χ1v) is 9.91. The molecule has 140 valence electrons. The van der Waals surface area contributed by atoms with E-state index in [1.165, 1.54) is 37.9 Å². The minimum absolute atomic E-state index is 0.593. The lowest BCUT2D eigenvalue weighted by Gasteiger charge is -2.33. The summed E-state index contributed by atoms with van der Waals surface area (Å²) >= 11 is 0. The summed E-state index contributed by atoms with van der Waals surface area (Å²) in [6, 6.07) is 11.7. The maximum Gasteiger partial charge on any atom is 0.0870 e. The monoisotopic (exact) mass is 354 g/mol. The average molecular weight is 355 g/mol. The minimum Gasteiger partial charge on any atom is -0.302 e. The lowest BCUT2D eigenvalue weighted by Crippen LogP contribution is -2.44. The molecule has 2 saturated heterocycles. The van der Waals surface area contributed by atoms with Gasteiger partial charge < -0.3 is 4.90 Å². The quantitative estimate of drug-likeness (QED) is 0.829. The van der Waals surface area contributed by atoms with Crippen molar-refractivity contribution in [3.63, 3.8) is 0 Å². The average Bonchev–Trinajstić information content (AvgIpc) is 3.26. The third-order valence-electron chi connectivity index (χ3n) is 5.62. The fourth-order valence-electron chi connectivity index (χ4n) is 4.17. The van der Waals surface area contributed by atoms with Crippen molar-refractivity contribution in [2.24, 2.45) is 5.92 Å². The van der Waals surface area contributed by atoms with Crippen LogP contribution in [0.5, 0.6) is 0 Å². The molecule has 0 radical (unpaired) electrons. The Kier molecular flexibility index (Phi) is 5.62. The van der Waals surface area contributed by atoms with E-state index in [0.29, 0.717) is 18.0 Å². The second kappa shape index (κ2) is 8.29. The van der Waals surface area contributed by atoms with Crippen LogP contribution in [-0.2, 0) is 13.0 Å². The van der Waals surface area contributed by atoms with Crippen molar-refractivity contribution in [1.82, 2.24) is 30.7 Å². The highest BCUT2D eigenvalue weighted by atomic mass is 15.4. The van der Waals surface area contributed by atoms with E-state index in [0.717, 1.165) is 25.2 Å². The third-order valence-corrected chi connectivity index (χ3v) is 5.62. The molecule has 1 aromatic heterocycles. The third kappa shape index (κ3) is 4.69. The summed E-state index contributed by atoms with van der Waals surface area (Å²) in [5.41, 5.74) is 9.09. The van der Waals surface area contributed by atoms with Crippen LogP contribution in [-0.4, -0.2) is 51.6 Å². The highest BCUT2D eigenvalue weighted by Gasteiger charge is 2.25. The first-order chi connectivity index (χ1) is 12.7. The molecular formula is C20H30N6. The molecule has 2 aliphatic rings. The van der Waals surface area contributed by atoms with Gasteiger partial charge >= 0.3 is 0 Å². The van der Waals surface area contributed by atoms with Gasteiger partial charge in [-0.15, -0.1) is 5.10 Å². The molecule has 3 heterocycles. The van der Waals surface area contributed by atoms with Crippen LogP contribution in [0.3, 0.4) is 0 Å². The van der Waals surface area contributed by atoms with Crippen molar-refractivity contribution in [3.8, 4) is 0 Å². The Morgan fingerprint density at radius 3 is 2.62 bits per heavy atom. The molecule has 0 spiro atoms. The summed E-state index contributed by atoms with van der Waals surface area (Å²) in [5, 5.41) is 8.71. The van der Waals surface area contributed by atoms with Gasteiger partial charge in [0, 0.05) is 37.8 Å². The smallest absolute Gasteiger partial charge is 0.0870 e. The van der Waals surface area contributed by atoms with Crippen LogP contribution in [0, 0.1) is 5.92 Å². The molecular weight excluding hydrogens is 324 g/mol. The van der Waals surface area contributed by atoms with Crippen LogP contribution >= 0.6 is 0 Å². The van der Waals surface area contributed by atoms with Crippen LogP contribution in [0.15, 0.2) is 36.5 Å². The van der Waals surface area contributed by atoms with E-state index >= 15 is 0 Å². The number of hydrazine groups is 1. The van der Waals surface area contributed by atoms with Crippen LogP contribution in [0.1, 0.15) is 37.4 Å². The second-order valence-corrected chi connectivity index (χ2v) is 7.96. The molecule has 2 aromatic rings. The first kappa shape index (κ1) is 17.6. The Hall–Kier alpha value is -1.76. The van der Waals surface area contributed by atoms with Gasteiger partial charge in [0.25, 0.3) is 0 Å². The SMILES string of the molecule is CC1CC(CN2CCC(Cn3cc(Cc4ccccc4)nn3)CC2)NN1. The Bertz CT molecular complexity index is 677. The number of piperidine rings is 1. The number of nitrogens with zero attached hydrogens (tertiary/aromatic N) is 4. The minimum atomic E-state index is 0.593. The summed E-state index contributed by atoms with van der Waals surface area (Å²) in [6.07, 6.45) is 6.71. The van der Waals surface area contributed by atoms with Gasteiger partial charge in [0.1, 0.15) is 0 Å². The number of hydrogen-bond donors (Lipinski definition) is 2.